The van der Waals surface area contributed by atoms with Crippen LogP contribution < -0.4 is 4.90 Å². The Balaban J connectivity index is 1.45. The van der Waals surface area contributed by atoms with Crippen LogP contribution in [0.4, 0.5) is 10.5 Å². The molecule has 5 rings (SSSR count). The molecule has 4 fully saturated rings. The number of piperidine rings is 1. The summed E-state index contributed by atoms with van der Waals surface area (Å²) < 4.78 is 6.24. The second-order valence-corrected chi connectivity index (χ2v) is 9.52. The molecule has 1 saturated carbocycles. The van der Waals surface area contributed by atoms with Crippen LogP contribution in [0, 0.1) is 11.8 Å². The SMILES string of the molecule is CC1CCN(C(=O)CN2C(=O)N(c3ccccc3)C(=O)C3OC4CCCCC4C32)CC1. The van der Waals surface area contributed by atoms with Crippen LogP contribution in [-0.4, -0.2) is 65.5 Å². The molecule has 4 amide bonds. The molecule has 1 aliphatic carbocycles. The Kier molecular flexibility index (Phi) is 5.46. The van der Waals surface area contributed by atoms with Gasteiger partial charge in [0.05, 0.1) is 17.8 Å². The van der Waals surface area contributed by atoms with Crippen LogP contribution in [0.1, 0.15) is 45.4 Å². The lowest BCUT2D eigenvalue weighted by atomic mass is 9.81. The second kappa shape index (κ2) is 8.26. The van der Waals surface area contributed by atoms with Gasteiger partial charge in [-0.15, -0.1) is 0 Å². The summed E-state index contributed by atoms with van der Waals surface area (Å²) in [5, 5.41) is 0. The topological polar surface area (TPSA) is 70.2 Å². The fourth-order valence-electron chi connectivity index (χ4n) is 5.75. The number of fused-ring (bicyclic) bond motifs is 3. The van der Waals surface area contributed by atoms with Crippen molar-refractivity contribution in [1.29, 1.82) is 0 Å². The number of ether oxygens (including phenoxy) is 1. The van der Waals surface area contributed by atoms with E-state index in [0.717, 1.165) is 51.6 Å². The number of amides is 4. The lowest BCUT2D eigenvalue weighted by molar-refractivity contribution is -0.138. The van der Waals surface area contributed by atoms with Crippen molar-refractivity contribution in [2.75, 3.05) is 24.5 Å². The Morgan fingerprint density at radius 2 is 1.74 bits per heavy atom. The van der Waals surface area contributed by atoms with Gasteiger partial charge in [0.2, 0.25) is 5.91 Å². The van der Waals surface area contributed by atoms with Gasteiger partial charge in [0.25, 0.3) is 5.91 Å². The first-order valence-electron chi connectivity index (χ1n) is 11.7. The molecule has 1 aromatic rings. The van der Waals surface area contributed by atoms with Crippen molar-refractivity contribution in [2.24, 2.45) is 11.8 Å². The molecule has 7 heteroatoms. The van der Waals surface area contributed by atoms with E-state index in [-0.39, 0.29) is 36.4 Å². The number of carbonyl (C=O) groups excluding carboxylic acids is 3. The van der Waals surface area contributed by atoms with E-state index in [1.165, 1.54) is 4.90 Å². The summed E-state index contributed by atoms with van der Waals surface area (Å²) in [5.74, 6) is 0.424. The van der Waals surface area contributed by atoms with Gasteiger partial charge in [-0.1, -0.05) is 38.0 Å². The number of para-hydroxylation sites is 1. The van der Waals surface area contributed by atoms with E-state index in [2.05, 4.69) is 6.92 Å². The molecule has 4 unspecified atom stereocenters. The van der Waals surface area contributed by atoms with Crippen LogP contribution in [0.2, 0.25) is 0 Å². The monoisotopic (exact) mass is 425 g/mol. The molecular formula is C24H31N3O4. The summed E-state index contributed by atoms with van der Waals surface area (Å²) in [7, 11) is 0. The van der Waals surface area contributed by atoms with Crippen LogP contribution in [-0.2, 0) is 14.3 Å². The highest BCUT2D eigenvalue weighted by Crippen LogP contribution is 2.43. The Morgan fingerprint density at radius 1 is 1.03 bits per heavy atom. The third-order valence-corrected chi connectivity index (χ3v) is 7.54. The zero-order chi connectivity index (χ0) is 21.5. The molecule has 7 nitrogen and oxygen atoms in total. The minimum absolute atomic E-state index is 0.00957. The number of imide groups is 1. The van der Waals surface area contributed by atoms with Gasteiger partial charge in [-0.05, 0) is 43.7 Å². The molecule has 4 aliphatic rings. The van der Waals surface area contributed by atoms with Gasteiger partial charge in [0.15, 0.2) is 6.10 Å². The molecule has 0 spiro atoms. The Hall–Kier alpha value is -2.41. The number of urea groups is 1. The first-order chi connectivity index (χ1) is 15.0. The molecule has 0 aromatic heterocycles. The number of carbonyl (C=O) groups is 3. The lowest BCUT2D eigenvalue weighted by Gasteiger charge is -2.43. The van der Waals surface area contributed by atoms with Crippen molar-refractivity contribution in [1.82, 2.24) is 9.80 Å². The van der Waals surface area contributed by atoms with E-state index >= 15 is 0 Å². The summed E-state index contributed by atoms with van der Waals surface area (Å²) in [6.07, 6.45) is 5.28. The fraction of sp³-hybridized carbons (Fsp3) is 0.625. The van der Waals surface area contributed by atoms with E-state index in [0.29, 0.717) is 11.6 Å². The number of rotatable bonds is 3. The van der Waals surface area contributed by atoms with E-state index in [1.807, 2.05) is 23.1 Å². The molecule has 4 atom stereocenters. The molecule has 3 saturated heterocycles. The molecular weight excluding hydrogens is 394 g/mol. The third kappa shape index (κ3) is 3.63. The normalized spacial score (nSPS) is 31.6. The Bertz CT molecular complexity index is 852. The molecule has 1 aromatic carbocycles. The van der Waals surface area contributed by atoms with Crippen LogP contribution in [0.15, 0.2) is 30.3 Å². The van der Waals surface area contributed by atoms with E-state index in [9.17, 15) is 14.4 Å². The quantitative estimate of drug-likeness (QED) is 0.746. The summed E-state index contributed by atoms with van der Waals surface area (Å²) in [5.41, 5.74) is 0.527. The number of hydrogen-bond acceptors (Lipinski definition) is 4. The summed E-state index contributed by atoms with van der Waals surface area (Å²) in [6, 6.07) is 8.23. The van der Waals surface area contributed by atoms with Crippen molar-refractivity contribution >= 4 is 23.5 Å². The van der Waals surface area contributed by atoms with Gasteiger partial charge in [0.1, 0.15) is 6.54 Å². The van der Waals surface area contributed by atoms with Crippen LogP contribution in [0.3, 0.4) is 0 Å². The number of likely N-dealkylation sites (tertiary alicyclic amines) is 1. The number of nitrogens with zero attached hydrogens (tertiary/aromatic N) is 3. The van der Waals surface area contributed by atoms with Crippen LogP contribution in [0.25, 0.3) is 0 Å². The highest BCUT2D eigenvalue weighted by atomic mass is 16.5. The van der Waals surface area contributed by atoms with Crippen molar-refractivity contribution in [3.63, 3.8) is 0 Å². The van der Waals surface area contributed by atoms with Crippen molar-refractivity contribution in [2.45, 2.75) is 63.7 Å². The zero-order valence-corrected chi connectivity index (χ0v) is 18.1. The summed E-state index contributed by atoms with van der Waals surface area (Å²) in [6.45, 7) is 3.70. The zero-order valence-electron chi connectivity index (χ0n) is 18.1. The van der Waals surface area contributed by atoms with Crippen molar-refractivity contribution < 1.29 is 19.1 Å². The largest absolute Gasteiger partial charge is 0.363 e. The van der Waals surface area contributed by atoms with Gasteiger partial charge < -0.3 is 14.5 Å². The molecule has 3 aliphatic heterocycles. The number of anilines is 1. The number of benzene rings is 1. The van der Waals surface area contributed by atoms with Crippen LogP contribution in [0.5, 0.6) is 0 Å². The maximum Gasteiger partial charge on any atom is 0.332 e. The second-order valence-electron chi connectivity index (χ2n) is 9.52. The Morgan fingerprint density at radius 3 is 2.48 bits per heavy atom. The summed E-state index contributed by atoms with van der Waals surface area (Å²) >= 11 is 0. The van der Waals surface area contributed by atoms with E-state index in [4.69, 9.17) is 4.74 Å². The van der Waals surface area contributed by atoms with Gasteiger partial charge in [0, 0.05) is 19.0 Å². The molecule has 0 N–H and O–H groups in total. The fourth-order valence-corrected chi connectivity index (χ4v) is 5.75. The predicted molar refractivity (Wildman–Crippen MR) is 115 cm³/mol. The average Bonchev–Trinajstić information content (AvgIpc) is 3.18. The lowest BCUT2D eigenvalue weighted by Crippen LogP contribution is -2.66. The van der Waals surface area contributed by atoms with Gasteiger partial charge >= 0.3 is 6.03 Å². The molecule has 166 valence electrons. The van der Waals surface area contributed by atoms with Gasteiger partial charge in [-0.25, -0.2) is 9.69 Å². The molecule has 31 heavy (non-hydrogen) atoms. The molecule has 0 radical (unpaired) electrons. The first-order valence-corrected chi connectivity index (χ1v) is 11.7. The molecule has 3 heterocycles. The van der Waals surface area contributed by atoms with Crippen LogP contribution >= 0.6 is 0 Å². The maximum atomic E-state index is 13.6. The van der Waals surface area contributed by atoms with Crippen molar-refractivity contribution in [3.8, 4) is 0 Å². The molecule has 0 bridgehead atoms. The average molecular weight is 426 g/mol. The van der Waals surface area contributed by atoms with Gasteiger partial charge in [-0.2, -0.15) is 0 Å². The van der Waals surface area contributed by atoms with E-state index < -0.39 is 12.1 Å². The van der Waals surface area contributed by atoms with Crippen molar-refractivity contribution in [3.05, 3.63) is 30.3 Å². The highest BCUT2D eigenvalue weighted by Gasteiger charge is 2.58. The third-order valence-electron chi connectivity index (χ3n) is 7.54. The van der Waals surface area contributed by atoms with Gasteiger partial charge in [-0.3, -0.25) is 9.59 Å². The predicted octanol–water partition coefficient (Wildman–Crippen LogP) is 3.04. The number of hydrogen-bond donors (Lipinski definition) is 0. The summed E-state index contributed by atoms with van der Waals surface area (Å²) in [4.78, 5) is 44.9. The minimum Gasteiger partial charge on any atom is -0.363 e. The smallest absolute Gasteiger partial charge is 0.332 e. The highest BCUT2D eigenvalue weighted by molar-refractivity contribution is 6.18. The minimum atomic E-state index is -0.694. The van der Waals surface area contributed by atoms with E-state index in [1.54, 1.807) is 17.0 Å². The first kappa shape index (κ1) is 20.5. The maximum absolute atomic E-state index is 13.6. The Labute approximate surface area is 183 Å². The standard InChI is InChI=1S/C24H31N3O4/c1-16-11-13-25(14-12-16)20(28)15-26-21-18-9-5-6-10-19(18)31-22(21)23(29)27(24(26)30)17-7-3-2-4-8-17/h2-4,7-8,16,18-19,21-22H,5-6,9-15H2,1H3.